The zero-order valence-electron chi connectivity index (χ0n) is 9.63. The SMILES string of the molecule is CC(C)(C)C1CCN1c1ccc(Cl)cc1. The van der Waals surface area contributed by atoms with Gasteiger partial charge in [-0.3, -0.25) is 0 Å². The molecule has 1 nitrogen and oxygen atoms in total. The van der Waals surface area contributed by atoms with Crippen LogP contribution < -0.4 is 4.90 Å². The van der Waals surface area contributed by atoms with Gasteiger partial charge in [0, 0.05) is 23.3 Å². The van der Waals surface area contributed by atoms with E-state index in [1.807, 2.05) is 12.1 Å². The van der Waals surface area contributed by atoms with Crippen LogP contribution in [-0.2, 0) is 0 Å². The molecule has 2 heteroatoms. The van der Waals surface area contributed by atoms with Crippen molar-refractivity contribution in [1.82, 2.24) is 0 Å². The summed E-state index contributed by atoms with van der Waals surface area (Å²) < 4.78 is 0. The van der Waals surface area contributed by atoms with Crippen molar-refractivity contribution >= 4 is 17.3 Å². The molecule has 2 rings (SSSR count). The summed E-state index contributed by atoms with van der Waals surface area (Å²) in [6, 6.07) is 8.82. The molecule has 1 unspecified atom stereocenters. The highest BCUT2D eigenvalue weighted by Crippen LogP contribution is 2.37. The Morgan fingerprint density at radius 3 is 2.20 bits per heavy atom. The predicted molar refractivity (Wildman–Crippen MR) is 66.7 cm³/mol. The van der Waals surface area contributed by atoms with Crippen LogP contribution in [0.2, 0.25) is 5.02 Å². The first-order chi connectivity index (χ1) is 6.98. The van der Waals surface area contributed by atoms with E-state index in [2.05, 4.69) is 37.8 Å². The predicted octanol–water partition coefficient (Wildman–Crippen LogP) is 3.96. The van der Waals surface area contributed by atoms with Crippen molar-refractivity contribution in [3.05, 3.63) is 29.3 Å². The monoisotopic (exact) mass is 223 g/mol. The zero-order valence-corrected chi connectivity index (χ0v) is 10.4. The third-order valence-corrected chi connectivity index (χ3v) is 3.43. The van der Waals surface area contributed by atoms with Gasteiger partial charge in [0.05, 0.1) is 0 Å². The lowest BCUT2D eigenvalue weighted by Gasteiger charge is -2.50. The van der Waals surface area contributed by atoms with Crippen LogP contribution in [0.3, 0.4) is 0 Å². The molecule has 1 aromatic carbocycles. The molecule has 0 aromatic heterocycles. The van der Waals surface area contributed by atoms with Gasteiger partial charge < -0.3 is 4.90 Å². The maximum absolute atomic E-state index is 5.89. The third-order valence-electron chi connectivity index (χ3n) is 3.18. The molecular weight excluding hydrogens is 206 g/mol. The number of rotatable bonds is 1. The second-order valence-corrected chi connectivity index (χ2v) is 5.78. The van der Waals surface area contributed by atoms with Crippen LogP contribution in [0.4, 0.5) is 5.69 Å². The second kappa shape index (κ2) is 3.71. The van der Waals surface area contributed by atoms with Gasteiger partial charge in [-0.15, -0.1) is 0 Å². The molecule has 1 fully saturated rings. The van der Waals surface area contributed by atoms with Crippen molar-refractivity contribution in [3.8, 4) is 0 Å². The Hall–Kier alpha value is -0.690. The molecule has 1 aliphatic heterocycles. The lowest BCUT2D eigenvalue weighted by molar-refractivity contribution is 0.238. The van der Waals surface area contributed by atoms with Crippen molar-refractivity contribution in [1.29, 1.82) is 0 Å². The Kier molecular flexibility index (Phi) is 2.68. The molecule has 0 amide bonds. The Morgan fingerprint density at radius 1 is 1.20 bits per heavy atom. The summed E-state index contributed by atoms with van der Waals surface area (Å²) in [5.74, 6) is 0. The molecule has 1 atom stereocenters. The van der Waals surface area contributed by atoms with Crippen LogP contribution in [-0.4, -0.2) is 12.6 Å². The van der Waals surface area contributed by atoms with Gasteiger partial charge in [0.2, 0.25) is 0 Å². The van der Waals surface area contributed by atoms with Crippen LogP contribution in [0, 0.1) is 5.41 Å². The van der Waals surface area contributed by atoms with Crippen molar-refractivity contribution in [3.63, 3.8) is 0 Å². The molecule has 0 radical (unpaired) electrons. The highest BCUT2D eigenvalue weighted by Gasteiger charge is 2.37. The lowest BCUT2D eigenvalue weighted by atomic mass is 9.79. The van der Waals surface area contributed by atoms with Gasteiger partial charge in [0.15, 0.2) is 0 Å². The minimum Gasteiger partial charge on any atom is -0.368 e. The van der Waals surface area contributed by atoms with Gasteiger partial charge in [-0.1, -0.05) is 32.4 Å². The van der Waals surface area contributed by atoms with E-state index in [0.29, 0.717) is 11.5 Å². The van der Waals surface area contributed by atoms with Gasteiger partial charge in [-0.05, 0) is 36.1 Å². The molecule has 15 heavy (non-hydrogen) atoms. The van der Waals surface area contributed by atoms with Crippen LogP contribution in [0.1, 0.15) is 27.2 Å². The van der Waals surface area contributed by atoms with Crippen LogP contribution >= 0.6 is 11.6 Å². The highest BCUT2D eigenvalue weighted by atomic mass is 35.5. The van der Waals surface area contributed by atoms with Crippen molar-refractivity contribution in [2.75, 3.05) is 11.4 Å². The van der Waals surface area contributed by atoms with E-state index in [0.717, 1.165) is 5.02 Å². The Bertz CT molecular complexity index is 337. The third kappa shape index (κ3) is 2.12. The molecule has 1 saturated heterocycles. The van der Waals surface area contributed by atoms with Gasteiger partial charge in [0.25, 0.3) is 0 Å². The quantitative estimate of drug-likeness (QED) is 0.697. The summed E-state index contributed by atoms with van der Waals surface area (Å²) in [7, 11) is 0. The molecule has 82 valence electrons. The molecule has 1 aromatic rings. The smallest absolute Gasteiger partial charge is 0.0407 e. The zero-order chi connectivity index (χ0) is 11.1. The number of anilines is 1. The van der Waals surface area contributed by atoms with E-state index in [-0.39, 0.29) is 0 Å². The van der Waals surface area contributed by atoms with Crippen LogP contribution in [0.5, 0.6) is 0 Å². The molecule has 1 aliphatic rings. The van der Waals surface area contributed by atoms with E-state index in [1.54, 1.807) is 0 Å². The van der Waals surface area contributed by atoms with E-state index >= 15 is 0 Å². The first kappa shape index (κ1) is 10.8. The van der Waals surface area contributed by atoms with Crippen molar-refractivity contribution < 1.29 is 0 Å². The molecule has 0 spiro atoms. The van der Waals surface area contributed by atoms with Gasteiger partial charge in [-0.25, -0.2) is 0 Å². The van der Waals surface area contributed by atoms with Gasteiger partial charge in [0.1, 0.15) is 0 Å². The van der Waals surface area contributed by atoms with E-state index in [4.69, 9.17) is 11.6 Å². The Labute approximate surface area is 97.0 Å². The van der Waals surface area contributed by atoms with Crippen LogP contribution in [0.25, 0.3) is 0 Å². The fraction of sp³-hybridized carbons (Fsp3) is 0.538. The van der Waals surface area contributed by atoms with E-state index in [9.17, 15) is 0 Å². The molecule has 0 bridgehead atoms. The minimum absolute atomic E-state index is 0.359. The largest absolute Gasteiger partial charge is 0.368 e. The van der Waals surface area contributed by atoms with Crippen molar-refractivity contribution in [2.24, 2.45) is 5.41 Å². The Morgan fingerprint density at radius 2 is 1.80 bits per heavy atom. The first-order valence-corrected chi connectivity index (χ1v) is 5.88. The fourth-order valence-electron chi connectivity index (χ4n) is 2.23. The maximum atomic E-state index is 5.89. The minimum atomic E-state index is 0.359. The van der Waals surface area contributed by atoms with Gasteiger partial charge >= 0.3 is 0 Å². The van der Waals surface area contributed by atoms with E-state index in [1.165, 1.54) is 18.7 Å². The highest BCUT2D eigenvalue weighted by molar-refractivity contribution is 6.30. The topological polar surface area (TPSA) is 3.24 Å². The molecular formula is C13H18ClN. The number of benzene rings is 1. The lowest BCUT2D eigenvalue weighted by Crippen LogP contribution is -2.54. The van der Waals surface area contributed by atoms with Gasteiger partial charge in [-0.2, -0.15) is 0 Å². The summed E-state index contributed by atoms with van der Waals surface area (Å²) in [4.78, 5) is 2.47. The summed E-state index contributed by atoms with van der Waals surface area (Å²) in [6.07, 6.45) is 1.30. The van der Waals surface area contributed by atoms with Crippen LogP contribution in [0.15, 0.2) is 24.3 Å². The normalized spacial score (nSPS) is 21.3. The number of halogens is 1. The molecule has 0 saturated carbocycles. The second-order valence-electron chi connectivity index (χ2n) is 5.34. The summed E-state index contributed by atoms with van der Waals surface area (Å²) in [5.41, 5.74) is 1.66. The van der Waals surface area contributed by atoms with E-state index < -0.39 is 0 Å². The standard InChI is InChI=1S/C13H18ClN/c1-13(2,3)12-8-9-15(12)11-6-4-10(14)5-7-11/h4-7,12H,8-9H2,1-3H3. The molecule has 0 N–H and O–H groups in total. The summed E-state index contributed by atoms with van der Waals surface area (Å²) >= 11 is 5.89. The maximum Gasteiger partial charge on any atom is 0.0407 e. The average Bonchev–Trinajstić information content (AvgIpc) is 2.03. The van der Waals surface area contributed by atoms with Crippen molar-refractivity contribution in [2.45, 2.75) is 33.2 Å². The summed E-state index contributed by atoms with van der Waals surface area (Å²) in [6.45, 7) is 8.09. The average molecular weight is 224 g/mol. The number of hydrogen-bond acceptors (Lipinski definition) is 1. The number of hydrogen-bond donors (Lipinski definition) is 0. The number of nitrogens with zero attached hydrogens (tertiary/aromatic N) is 1. The molecule has 1 heterocycles. The first-order valence-electron chi connectivity index (χ1n) is 5.51. The summed E-state index contributed by atoms with van der Waals surface area (Å²) in [5, 5.41) is 0.812. The fourth-order valence-corrected chi connectivity index (χ4v) is 2.36. The Balaban J connectivity index is 2.16. The molecule has 0 aliphatic carbocycles.